The van der Waals surface area contributed by atoms with E-state index in [0.29, 0.717) is 6.04 Å². The molecule has 17 heavy (non-hydrogen) atoms. The lowest BCUT2D eigenvalue weighted by atomic mass is 10.0. The van der Waals surface area contributed by atoms with Crippen LogP contribution in [-0.2, 0) is 6.42 Å². The van der Waals surface area contributed by atoms with Gasteiger partial charge in [-0.25, -0.2) is 0 Å². The molecule has 1 heterocycles. The third-order valence-electron chi connectivity index (χ3n) is 3.54. The minimum absolute atomic E-state index is 0.662. The van der Waals surface area contributed by atoms with Crippen molar-refractivity contribution >= 4 is 0 Å². The Bertz CT molecular complexity index is 354. The van der Waals surface area contributed by atoms with Crippen LogP contribution < -0.4 is 10.1 Å². The van der Waals surface area contributed by atoms with Crippen molar-refractivity contribution in [3.8, 4) is 5.75 Å². The first-order valence-corrected chi connectivity index (χ1v) is 6.33. The average Bonchev–Trinajstić information content (AvgIpc) is 2.38. The first kappa shape index (κ1) is 12.4. The highest BCUT2D eigenvalue weighted by atomic mass is 16.5. The number of aryl methyl sites for hydroxylation is 1. The summed E-state index contributed by atoms with van der Waals surface area (Å²) in [6, 6.07) is 9.04. The number of piperazine rings is 1. The van der Waals surface area contributed by atoms with Gasteiger partial charge in [0.05, 0.1) is 7.11 Å². The highest BCUT2D eigenvalue weighted by Crippen LogP contribution is 2.16. The Morgan fingerprint density at radius 3 is 3.12 bits per heavy atom. The number of benzene rings is 1. The van der Waals surface area contributed by atoms with Crippen LogP contribution in [0.25, 0.3) is 0 Å². The molecule has 1 unspecified atom stereocenters. The summed E-state index contributed by atoms with van der Waals surface area (Å²) in [7, 11) is 3.94. The standard InChI is InChI=1S/C14H22N2O/c1-16-9-8-15-11-13(16)7-6-12-4-3-5-14(10-12)17-2/h3-5,10,13,15H,6-9,11H2,1-2H3. The highest BCUT2D eigenvalue weighted by molar-refractivity contribution is 5.28. The first-order chi connectivity index (χ1) is 8.29. The van der Waals surface area contributed by atoms with Gasteiger partial charge in [-0.1, -0.05) is 12.1 Å². The van der Waals surface area contributed by atoms with Gasteiger partial charge in [-0.15, -0.1) is 0 Å². The summed E-state index contributed by atoms with van der Waals surface area (Å²) < 4.78 is 5.25. The van der Waals surface area contributed by atoms with Crippen molar-refractivity contribution in [3.05, 3.63) is 29.8 Å². The molecule has 1 aromatic carbocycles. The second kappa shape index (κ2) is 6.03. The monoisotopic (exact) mass is 234 g/mol. The molecule has 3 nitrogen and oxygen atoms in total. The molecule has 2 rings (SSSR count). The summed E-state index contributed by atoms with van der Waals surface area (Å²) in [5.41, 5.74) is 1.36. The molecule has 1 fully saturated rings. The zero-order valence-electron chi connectivity index (χ0n) is 10.8. The Labute approximate surface area is 104 Å². The fraction of sp³-hybridized carbons (Fsp3) is 0.571. The van der Waals surface area contributed by atoms with E-state index in [4.69, 9.17) is 4.74 Å². The minimum atomic E-state index is 0.662. The van der Waals surface area contributed by atoms with Crippen LogP contribution in [0.3, 0.4) is 0 Å². The summed E-state index contributed by atoms with van der Waals surface area (Å²) in [6.07, 6.45) is 2.32. The average molecular weight is 234 g/mol. The van der Waals surface area contributed by atoms with E-state index in [0.717, 1.165) is 31.8 Å². The molecule has 1 saturated heterocycles. The van der Waals surface area contributed by atoms with E-state index < -0.39 is 0 Å². The molecule has 94 valence electrons. The van der Waals surface area contributed by atoms with Gasteiger partial charge in [0, 0.05) is 25.7 Å². The normalized spacial score (nSPS) is 21.4. The van der Waals surface area contributed by atoms with Crippen molar-refractivity contribution in [2.24, 2.45) is 0 Å². The molecule has 1 N–H and O–H groups in total. The third-order valence-corrected chi connectivity index (χ3v) is 3.54. The van der Waals surface area contributed by atoms with Gasteiger partial charge in [0.1, 0.15) is 5.75 Å². The minimum Gasteiger partial charge on any atom is -0.497 e. The van der Waals surface area contributed by atoms with Crippen LogP contribution in [0.4, 0.5) is 0 Å². The Kier molecular flexibility index (Phi) is 4.40. The number of rotatable bonds is 4. The van der Waals surface area contributed by atoms with Gasteiger partial charge < -0.3 is 15.0 Å². The van der Waals surface area contributed by atoms with E-state index in [2.05, 4.69) is 35.5 Å². The van der Waals surface area contributed by atoms with E-state index in [9.17, 15) is 0 Å². The van der Waals surface area contributed by atoms with Gasteiger partial charge in [0.2, 0.25) is 0 Å². The fourth-order valence-corrected chi connectivity index (χ4v) is 2.35. The van der Waals surface area contributed by atoms with Crippen LogP contribution in [0.15, 0.2) is 24.3 Å². The molecule has 0 amide bonds. The molecule has 1 aromatic rings. The van der Waals surface area contributed by atoms with Crippen molar-refractivity contribution in [1.82, 2.24) is 10.2 Å². The molecule has 0 aromatic heterocycles. The molecule has 3 heteroatoms. The van der Waals surface area contributed by atoms with Gasteiger partial charge >= 0.3 is 0 Å². The number of nitrogens with zero attached hydrogens (tertiary/aromatic N) is 1. The number of hydrogen-bond donors (Lipinski definition) is 1. The Hall–Kier alpha value is -1.06. The van der Waals surface area contributed by atoms with Crippen molar-refractivity contribution in [2.45, 2.75) is 18.9 Å². The van der Waals surface area contributed by atoms with Gasteiger partial charge in [0.25, 0.3) is 0 Å². The van der Waals surface area contributed by atoms with Crippen LogP contribution in [0, 0.1) is 0 Å². The summed E-state index contributed by atoms with van der Waals surface area (Å²) in [5, 5.41) is 3.46. The summed E-state index contributed by atoms with van der Waals surface area (Å²) in [6.45, 7) is 3.38. The topological polar surface area (TPSA) is 24.5 Å². The number of nitrogens with one attached hydrogen (secondary N) is 1. The molecule has 0 saturated carbocycles. The fourth-order valence-electron chi connectivity index (χ4n) is 2.35. The van der Waals surface area contributed by atoms with Crippen LogP contribution in [-0.4, -0.2) is 44.7 Å². The quantitative estimate of drug-likeness (QED) is 0.855. The maximum absolute atomic E-state index is 5.25. The molecule has 1 aliphatic rings. The zero-order valence-corrected chi connectivity index (χ0v) is 10.8. The number of ether oxygens (including phenoxy) is 1. The second-order valence-corrected chi connectivity index (χ2v) is 4.73. The van der Waals surface area contributed by atoms with Crippen LogP contribution >= 0.6 is 0 Å². The van der Waals surface area contributed by atoms with Crippen LogP contribution in [0.5, 0.6) is 5.75 Å². The summed E-state index contributed by atoms with van der Waals surface area (Å²) in [4.78, 5) is 2.46. The van der Waals surface area contributed by atoms with E-state index in [-0.39, 0.29) is 0 Å². The molecule has 1 aliphatic heterocycles. The van der Waals surface area contributed by atoms with Gasteiger partial charge in [0.15, 0.2) is 0 Å². The van der Waals surface area contributed by atoms with E-state index in [1.807, 2.05) is 6.07 Å². The Morgan fingerprint density at radius 2 is 2.35 bits per heavy atom. The highest BCUT2D eigenvalue weighted by Gasteiger charge is 2.17. The molecule has 1 atom stereocenters. The number of likely N-dealkylation sites (N-methyl/N-ethyl adjacent to an activating group) is 1. The Balaban J connectivity index is 1.88. The third kappa shape index (κ3) is 3.45. The van der Waals surface area contributed by atoms with Crippen molar-refractivity contribution in [1.29, 1.82) is 0 Å². The maximum atomic E-state index is 5.25. The molecular formula is C14H22N2O. The summed E-state index contributed by atoms with van der Waals surface area (Å²) in [5.74, 6) is 0.956. The van der Waals surface area contributed by atoms with E-state index in [1.165, 1.54) is 12.0 Å². The summed E-state index contributed by atoms with van der Waals surface area (Å²) >= 11 is 0. The van der Waals surface area contributed by atoms with Crippen molar-refractivity contribution in [3.63, 3.8) is 0 Å². The van der Waals surface area contributed by atoms with Crippen molar-refractivity contribution < 1.29 is 4.74 Å². The van der Waals surface area contributed by atoms with Crippen LogP contribution in [0.1, 0.15) is 12.0 Å². The molecule has 0 aliphatic carbocycles. The van der Waals surface area contributed by atoms with Gasteiger partial charge in [-0.2, -0.15) is 0 Å². The molecule has 0 spiro atoms. The second-order valence-electron chi connectivity index (χ2n) is 4.73. The molecule has 0 bridgehead atoms. The van der Waals surface area contributed by atoms with Crippen LogP contribution in [0.2, 0.25) is 0 Å². The lowest BCUT2D eigenvalue weighted by molar-refractivity contribution is 0.190. The number of methoxy groups -OCH3 is 1. The largest absolute Gasteiger partial charge is 0.497 e. The SMILES string of the molecule is COc1cccc(CCC2CNCCN2C)c1. The first-order valence-electron chi connectivity index (χ1n) is 6.33. The predicted molar refractivity (Wildman–Crippen MR) is 70.6 cm³/mol. The maximum Gasteiger partial charge on any atom is 0.119 e. The zero-order chi connectivity index (χ0) is 12.1. The lowest BCUT2D eigenvalue weighted by Crippen LogP contribution is -2.49. The lowest BCUT2D eigenvalue weighted by Gasteiger charge is -2.33. The number of hydrogen-bond acceptors (Lipinski definition) is 3. The molecule has 0 radical (unpaired) electrons. The Morgan fingerprint density at radius 1 is 1.47 bits per heavy atom. The van der Waals surface area contributed by atoms with Crippen molar-refractivity contribution in [2.75, 3.05) is 33.8 Å². The smallest absolute Gasteiger partial charge is 0.119 e. The van der Waals surface area contributed by atoms with Gasteiger partial charge in [-0.05, 0) is 37.6 Å². The predicted octanol–water partition coefficient (Wildman–Crippen LogP) is 1.53. The van der Waals surface area contributed by atoms with E-state index in [1.54, 1.807) is 7.11 Å². The molecular weight excluding hydrogens is 212 g/mol. The van der Waals surface area contributed by atoms with Gasteiger partial charge in [-0.3, -0.25) is 0 Å². The van der Waals surface area contributed by atoms with E-state index >= 15 is 0 Å².